The van der Waals surface area contributed by atoms with Crippen LogP contribution in [0.15, 0.2) is 72.8 Å². The van der Waals surface area contributed by atoms with Crippen LogP contribution in [0.5, 0.6) is 0 Å². The maximum Gasteiger partial charge on any atom is 0.315 e. The highest BCUT2D eigenvalue weighted by Crippen LogP contribution is 2.25. The Balaban J connectivity index is 0.000000240. The van der Waals surface area contributed by atoms with Crippen molar-refractivity contribution in [1.29, 1.82) is 0 Å². The van der Waals surface area contributed by atoms with Gasteiger partial charge in [0.15, 0.2) is 0 Å². The molecule has 0 aliphatic carbocycles. The van der Waals surface area contributed by atoms with Crippen LogP contribution in [0.1, 0.15) is 54.9 Å². The highest BCUT2D eigenvalue weighted by Gasteiger charge is 2.21. The molecule has 1 unspecified atom stereocenters. The van der Waals surface area contributed by atoms with Crippen LogP contribution in [0.2, 0.25) is 0 Å². The second-order valence-electron chi connectivity index (χ2n) is 10.2. The number of ether oxygens (including phenoxy) is 2. The Hall–Kier alpha value is -5.26. The molecule has 0 aliphatic rings. The molecular formula is C32H34N2O10. The summed E-state index contributed by atoms with van der Waals surface area (Å²) in [4.78, 5) is 52.4. The number of benzene rings is 4. The highest BCUT2D eigenvalue weighted by atomic mass is 17.0. The number of carbonyl (C=O) groups excluding carboxylic acids is 2. The third-order valence-corrected chi connectivity index (χ3v) is 6.79. The van der Waals surface area contributed by atoms with Crippen LogP contribution in [0.4, 0.5) is 0 Å². The minimum atomic E-state index is -1.23. The van der Waals surface area contributed by atoms with Crippen molar-refractivity contribution in [1.82, 2.24) is 0 Å². The molecule has 0 heterocycles. The predicted molar refractivity (Wildman–Crippen MR) is 162 cm³/mol. The first-order valence-electron chi connectivity index (χ1n) is 13.8. The molecule has 0 bridgehead atoms. The normalized spacial score (nSPS) is 12.7. The molecule has 3 atom stereocenters. The lowest BCUT2D eigenvalue weighted by Crippen LogP contribution is -2.23. The molecule has 4 aromatic carbocycles. The van der Waals surface area contributed by atoms with E-state index in [9.17, 15) is 29.8 Å². The number of hydrogen-bond donors (Lipinski definition) is 0. The van der Waals surface area contributed by atoms with Crippen molar-refractivity contribution in [3.63, 3.8) is 0 Å². The van der Waals surface area contributed by atoms with Crippen LogP contribution in [0.25, 0.3) is 21.5 Å². The van der Waals surface area contributed by atoms with E-state index < -0.39 is 40.2 Å². The van der Waals surface area contributed by atoms with E-state index in [0.29, 0.717) is 0 Å². The van der Waals surface area contributed by atoms with Crippen molar-refractivity contribution in [2.75, 3.05) is 13.2 Å². The standard InChI is InChI=1S/2C16H17NO5/c1-10-4-5-15-9-13(6-7-14(15)8-10)11(2)16(18)21-12(3)22-17(19)20;1-11-3-4-15-10-13(5-6-14(15)9-11)12(2)16(18)21-7-8-22-17(19)20/h4-9,11-12H,1-3H3;3-6,9-10,12H,7-8H2,1-2H3/t11-,12?;12-/m00/s1. The maximum atomic E-state index is 12.0. The summed E-state index contributed by atoms with van der Waals surface area (Å²) in [6.45, 7) is 8.38. The summed E-state index contributed by atoms with van der Waals surface area (Å²) in [5.41, 5.74) is 3.98. The third kappa shape index (κ3) is 9.65. The molecule has 12 nitrogen and oxygen atoms in total. The second kappa shape index (κ2) is 15.3. The van der Waals surface area contributed by atoms with Crippen LogP contribution >= 0.6 is 0 Å². The summed E-state index contributed by atoms with van der Waals surface area (Å²) < 4.78 is 9.88. The number of rotatable bonds is 11. The number of fused-ring (bicyclic) bond motifs is 2. The SMILES string of the molecule is Cc1ccc2cc([C@H](C)C(=O)OC(C)O[N+](=O)[O-])ccc2c1.Cc1ccc2cc([C@H](C)C(=O)OCCO[N+](=O)[O-])ccc2c1. The molecule has 0 saturated carbocycles. The number of esters is 2. The van der Waals surface area contributed by atoms with Crippen molar-refractivity contribution in [3.8, 4) is 0 Å². The van der Waals surface area contributed by atoms with Crippen LogP contribution in [-0.4, -0.2) is 41.6 Å². The summed E-state index contributed by atoms with van der Waals surface area (Å²) in [5, 5.41) is 22.6. The van der Waals surface area contributed by atoms with E-state index in [-0.39, 0.29) is 13.2 Å². The van der Waals surface area contributed by atoms with Gasteiger partial charge in [-0.25, -0.2) is 0 Å². The third-order valence-electron chi connectivity index (χ3n) is 6.79. The molecule has 4 rings (SSSR count). The summed E-state index contributed by atoms with van der Waals surface area (Å²) in [5.74, 6) is -1.98. The van der Waals surface area contributed by atoms with Gasteiger partial charge >= 0.3 is 11.9 Å². The van der Waals surface area contributed by atoms with Crippen LogP contribution in [0.3, 0.4) is 0 Å². The van der Waals surface area contributed by atoms with Gasteiger partial charge < -0.3 is 14.3 Å². The molecule has 44 heavy (non-hydrogen) atoms. The maximum absolute atomic E-state index is 12.0. The molecule has 0 fully saturated rings. The van der Waals surface area contributed by atoms with Crippen LogP contribution in [-0.2, 0) is 28.7 Å². The molecule has 0 amide bonds. The minimum Gasteiger partial charge on any atom is -0.463 e. The Morgan fingerprint density at radius 3 is 1.59 bits per heavy atom. The molecule has 232 valence electrons. The van der Waals surface area contributed by atoms with Gasteiger partial charge in [0, 0.05) is 0 Å². The molecule has 0 N–H and O–H groups in total. The first-order chi connectivity index (χ1) is 20.8. The van der Waals surface area contributed by atoms with Gasteiger partial charge in [0.25, 0.3) is 10.2 Å². The molecule has 0 aromatic heterocycles. The number of hydrogen-bond acceptors (Lipinski definition) is 10. The smallest absolute Gasteiger partial charge is 0.315 e. The number of aryl methyl sites for hydroxylation is 2. The van der Waals surface area contributed by atoms with Crippen LogP contribution < -0.4 is 0 Å². The van der Waals surface area contributed by atoms with Gasteiger partial charge in [0.2, 0.25) is 6.29 Å². The molecule has 0 saturated heterocycles. The van der Waals surface area contributed by atoms with E-state index in [0.717, 1.165) is 32.7 Å². The second-order valence-corrected chi connectivity index (χ2v) is 10.2. The lowest BCUT2D eigenvalue weighted by molar-refractivity contribution is -0.777. The summed E-state index contributed by atoms with van der Waals surface area (Å²) in [6.07, 6.45) is -1.23. The van der Waals surface area contributed by atoms with Gasteiger partial charge in [-0.3, -0.25) is 14.4 Å². The molecule has 0 spiro atoms. The largest absolute Gasteiger partial charge is 0.463 e. The zero-order chi connectivity index (χ0) is 32.4. The monoisotopic (exact) mass is 606 g/mol. The molecule has 0 radical (unpaired) electrons. The predicted octanol–water partition coefficient (Wildman–Crippen LogP) is 6.35. The lowest BCUT2D eigenvalue weighted by atomic mass is 9.97. The summed E-state index contributed by atoms with van der Waals surface area (Å²) in [7, 11) is 0. The van der Waals surface area contributed by atoms with Crippen molar-refractivity contribution in [3.05, 3.63) is 115 Å². The molecule has 4 aromatic rings. The minimum absolute atomic E-state index is 0.142. The number of nitrogens with zero attached hydrogens (tertiary/aromatic N) is 2. The molecular weight excluding hydrogens is 572 g/mol. The number of carbonyl (C=O) groups is 2. The first kappa shape index (κ1) is 33.2. The van der Waals surface area contributed by atoms with Gasteiger partial charge in [-0.15, -0.1) is 20.2 Å². The van der Waals surface area contributed by atoms with E-state index in [1.807, 2.05) is 74.5 Å². The molecule has 12 heteroatoms. The van der Waals surface area contributed by atoms with E-state index in [2.05, 4.69) is 21.8 Å². The van der Waals surface area contributed by atoms with Gasteiger partial charge in [-0.2, -0.15) is 0 Å². The summed E-state index contributed by atoms with van der Waals surface area (Å²) in [6, 6.07) is 23.7. The zero-order valence-corrected chi connectivity index (χ0v) is 25.1. The highest BCUT2D eigenvalue weighted by molar-refractivity contribution is 5.87. The van der Waals surface area contributed by atoms with Crippen molar-refractivity contribution < 1.29 is 38.9 Å². The average Bonchev–Trinajstić information content (AvgIpc) is 2.97. The lowest BCUT2D eigenvalue weighted by Gasteiger charge is -2.16. The Morgan fingerprint density at radius 1 is 0.659 bits per heavy atom. The van der Waals surface area contributed by atoms with Gasteiger partial charge in [-0.1, -0.05) is 83.9 Å². The fourth-order valence-electron chi connectivity index (χ4n) is 4.37. The quantitative estimate of drug-likeness (QED) is 0.0619. The topological polar surface area (TPSA) is 157 Å². The fourth-order valence-corrected chi connectivity index (χ4v) is 4.37. The Kier molecular flexibility index (Phi) is 11.5. The van der Waals surface area contributed by atoms with E-state index in [1.54, 1.807) is 13.8 Å². The van der Waals surface area contributed by atoms with Crippen molar-refractivity contribution >= 4 is 33.5 Å². The van der Waals surface area contributed by atoms with Gasteiger partial charge in [0.1, 0.15) is 13.2 Å². The van der Waals surface area contributed by atoms with Crippen LogP contribution in [0, 0.1) is 34.1 Å². The average molecular weight is 607 g/mol. The fraction of sp³-hybridized carbons (Fsp3) is 0.312. The molecule has 0 aliphatic heterocycles. The van der Waals surface area contributed by atoms with Gasteiger partial charge in [0.05, 0.1) is 11.8 Å². The Bertz CT molecular complexity index is 1660. The summed E-state index contributed by atoms with van der Waals surface area (Å²) >= 11 is 0. The zero-order valence-electron chi connectivity index (χ0n) is 25.1. The van der Waals surface area contributed by atoms with Crippen molar-refractivity contribution in [2.45, 2.75) is 52.7 Å². The first-order valence-corrected chi connectivity index (χ1v) is 13.8. The van der Waals surface area contributed by atoms with E-state index in [4.69, 9.17) is 9.47 Å². The van der Waals surface area contributed by atoms with E-state index >= 15 is 0 Å². The van der Waals surface area contributed by atoms with E-state index in [1.165, 1.54) is 18.1 Å². The Labute approximate surface area is 253 Å². The van der Waals surface area contributed by atoms with Crippen molar-refractivity contribution in [2.24, 2.45) is 0 Å². The Morgan fingerprint density at radius 2 is 1.11 bits per heavy atom. The van der Waals surface area contributed by atoms with Gasteiger partial charge in [-0.05, 0) is 67.3 Å².